The molecule has 1 aliphatic carbocycles. The van der Waals surface area contributed by atoms with Gasteiger partial charge in [-0.1, -0.05) is 26.0 Å². The predicted octanol–water partition coefficient (Wildman–Crippen LogP) is 3.61. The molecule has 2 rings (SSSR count). The third kappa shape index (κ3) is 3.78. The largest absolute Gasteiger partial charge is 0.336 e. The number of ketones is 1. The maximum absolute atomic E-state index is 11.4. The molecule has 0 bridgehead atoms. The average Bonchev–Trinajstić information content (AvgIpc) is 2.77. The molecule has 0 spiro atoms. The van der Waals surface area contributed by atoms with Crippen LogP contribution in [0.1, 0.15) is 48.2 Å². The summed E-state index contributed by atoms with van der Waals surface area (Å²) in [5, 5.41) is 0. The summed E-state index contributed by atoms with van der Waals surface area (Å²) < 4.78 is 0. The number of fused-ring (bicyclic) bond motifs is 1. The Morgan fingerprint density at radius 3 is 2.50 bits per heavy atom. The fraction of sp³-hybridized carbons (Fsp3) is 0.429. The summed E-state index contributed by atoms with van der Waals surface area (Å²) in [7, 11) is 0. The molecule has 1 radical (unpaired) electrons. The molecule has 1 aromatic carbocycles. The number of hydrogen-bond donors (Lipinski definition) is 0. The molecule has 0 amide bonds. The number of benzene rings is 1. The van der Waals surface area contributed by atoms with Gasteiger partial charge in [-0.2, -0.15) is 0 Å². The zero-order valence-electron chi connectivity index (χ0n) is 10.3. The Labute approximate surface area is 124 Å². The van der Waals surface area contributed by atoms with Crippen LogP contribution in [0.5, 0.6) is 0 Å². The average molecular weight is 292 g/mol. The molecule has 0 saturated carbocycles. The summed E-state index contributed by atoms with van der Waals surface area (Å²) in [6.07, 6.45) is 3.90. The molecule has 0 unspecified atom stereocenters. The Bertz CT molecular complexity index is 345. The molecule has 2 heteroatoms. The standard InChI is InChI=1S/C12H13O.C2H6.Y/c1-2-12(13)11-7-6-9-4-3-5-10(9)8-11;1-2;/h6-8H,1-5H2;1-2H3;/q-1;;. The zero-order chi connectivity index (χ0) is 11.3. The maximum Gasteiger partial charge on any atom is 0.133 e. The second-order valence-corrected chi connectivity index (χ2v) is 3.51. The maximum atomic E-state index is 11.4. The van der Waals surface area contributed by atoms with E-state index in [1.54, 1.807) is 0 Å². The van der Waals surface area contributed by atoms with Crippen LogP contribution in [0.2, 0.25) is 0 Å². The number of carbonyl (C=O) groups is 1. The first-order valence-corrected chi connectivity index (χ1v) is 5.75. The number of rotatable bonds is 2. The number of Topliss-reactive ketones (excluding diaryl/α,β-unsaturated/α-hetero) is 1. The molecule has 0 atom stereocenters. The van der Waals surface area contributed by atoms with Gasteiger partial charge in [-0.25, -0.2) is 0 Å². The van der Waals surface area contributed by atoms with E-state index in [9.17, 15) is 4.79 Å². The van der Waals surface area contributed by atoms with E-state index in [1.165, 1.54) is 24.0 Å². The van der Waals surface area contributed by atoms with E-state index in [-0.39, 0.29) is 38.5 Å². The van der Waals surface area contributed by atoms with E-state index >= 15 is 0 Å². The fourth-order valence-corrected chi connectivity index (χ4v) is 1.89. The van der Waals surface area contributed by atoms with Gasteiger partial charge in [-0.05, 0) is 36.5 Å². The number of hydrogen-bond acceptors (Lipinski definition) is 1. The first-order valence-electron chi connectivity index (χ1n) is 5.75. The molecule has 1 aromatic rings. The van der Waals surface area contributed by atoms with Crippen molar-refractivity contribution in [2.24, 2.45) is 0 Å². The third-order valence-electron chi connectivity index (χ3n) is 2.65. The van der Waals surface area contributed by atoms with Crippen molar-refractivity contribution in [3.8, 4) is 0 Å². The van der Waals surface area contributed by atoms with Crippen molar-refractivity contribution in [3.05, 3.63) is 41.8 Å². The van der Waals surface area contributed by atoms with Crippen LogP contribution < -0.4 is 0 Å². The summed E-state index contributed by atoms with van der Waals surface area (Å²) >= 11 is 0. The molecule has 0 aromatic heterocycles. The van der Waals surface area contributed by atoms with Crippen LogP contribution in [0.25, 0.3) is 0 Å². The minimum atomic E-state index is 0. The van der Waals surface area contributed by atoms with Crippen LogP contribution in [0, 0.1) is 6.92 Å². The van der Waals surface area contributed by atoms with Crippen molar-refractivity contribution in [1.82, 2.24) is 0 Å². The van der Waals surface area contributed by atoms with Crippen LogP contribution >= 0.6 is 0 Å². The Balaban J connectivity index is 0.000000711. The van der Waals surface area contributed by atoms with E-state index in [0.29, 0.717) is 6.42 Å². The molecular weight excluding hydrogens is 273 g/mol. The summed E-state index contributed by atoms with van der Waals surface area (Å²) in [5.41, 5.74) is 3.61. The van der Waals surface area contributed by atoms with Gasteiger partial charge in [0.1, 0.15) is 5.78 Å². The van der Waals surface area contributed by atoms with Gasteiger partial charge < -0.3 is 6.92 Å². The smallest absolute Gasteiger partial charge is 0.133 e. The Morgan fingerprint density at radius 2 is 1.88 bits per heavy atom. The van der Waals surface area contributed by atoms with Crippen LogP contribution in [0.3, 0.4) is 0 Å². The predicted molar refractivity (Wildman–Crippen MR) is 64.1 cm³/mol. The van der Waals surface area contributed by atoms with Crippen molar-refractivity contribution in [2.75, 3.05) is 0 Å². The molecule has 16 heavy (non-hydrogen) atoms. The van der Waals surface area contributed by atoms with Crippen LogP contribution in [0.4, 0.5) is 0 Å². The summed E-state index contributed by atoms with van der Waals surface area (Å²) in [6.45, 7) is 7.61. The van der Waals surface area contributed by atoms with E-state index in [1.807, 2.05) is 26.0 Å². The Hall–Kier alpha value is -0.00610. The summed E-state index contributed by atoms with van der Waals surface area (Å²) in [5.74, 6) is 0.148. The van der Waals surface area contributed by atoms with Gasteiger partial charge in [-0.3, -0.25) is 4.79 Å². The van der Waals surface area contributed by atoms with Crippen molar-refractivity contribution in [3.63, 3.8) is 0 Å². The Morgan fingerprint density at radius 1 is 1.25 bits per heavy atom. The minimum Gasteiger partial charge on any atom is -0.336 e. The van der Waals surface area contributed by atoms with Gasteiger partial charge in [-0.15, -0.1) is 6.42 Å². The number of carbonyl (C=O) groups excluding carboxylic acids is 1. The normalized spacial score (nSPS) is 11.9. The molecular formula is C14H19OY-. The molecule has 1 aliphatic rings. The first kappa shape index (κ1) is 16.0. The zero-order valence-corrected chi connectivity index (χ0v) is 13.1. The first-order chi connectivity index (χ1) is 7.31. The van der Waals surface area contributed by atoms with Gasteiger partial charge >= 0.3 is 0 Å². The van der Waals surface area contributed by atoms with E-state index in [0.717, 1.165) is 12.0 Å². The summed E-state index contributed by atoms with van der Waals surface area (Å²) in [4.78, 5) is 11.4. The third-order valence-corrected chi connectivity index (χ3v) is 2.65. The van der Waals surface area contributed by atoms with Gasteiger partial charge in [0.05, 0.1) is 0 Å². The fourth-order valence-electron chi connectivity index (χ4n) is 1.89. The van der Waals surface area contributed by atoms with Crippen molar-refractivity contribution in [2.45, 2.75) is 39.5 Å². The van der Waals surface area contributed by atoms with Gasteiger partial charge in [0.2, 0.25) is 0 Å². The molecule has 0 heterocycles. The van der Waals surface area contributed by atoms with Gasteiger partial charge in [0.25, 0.3) is 0 Å². The van der Waals surface area contributed by atoms with Crippen molar-refractivity contribution < 1.29 is 37.5 Å². The second kappa shape index (κ2) is 8.14. The quantitative estimate of drug-likeness (QED) is 0.601. The molecule has 0 aliphatic heterocycles. The van der Waals surface area contributed by atoms with Crippen LogP contribution in [-0.2, 0) is 45.6 Å². The molecule has 0 N–H and O–H groups in total. The number of aryl methyl sites for hydroxylation is 2. The summed E-state index contributed by atoms with van der Waals surface area (Å²) in [6, 6.07) is 6.05. The Kier molecular flexibility index (Phi) is 8.14. The van der Waals surface area contributed by atoms with Crippen LogP contribution in [-0.4, -0.2) is 5.78 Å². The van der Waals surface area contributed by atoms with E-state index in [4.69, 9.17) is 0 Å². The second-order valence-electron chi connectivity index (χ2n) is 3.51. The van der Waals surface area contributed by atoms with Crippen molar-refractivity contribution >= 4 is 5.78 Å². The van der Waals surface area contributed by atoms with Gasteiger partial charge in [0.15, 0.2) is 0 Å². The monoisotopic (exact) mass is 292 g/mol. The molecule has 1 nitrogen and oxygen atoms in total. The molecule has 85 valence electrons. The van der Waals surface area contributed by atoms with Crippen LogP contribution in [0.15, 0.2) is 18.2 Å². The minimum absolute atomic E-state index is 0. The van der Waals surface area contributed by atoms with E-state index < -0.39 is 0 Å². The van der Waals surface area contributed by atoms with Crippen molar-refractivity contribution in [1.29, 1.82) is 0 Å². The van der Waals surface area contributed by atoms with E-state index in [2.05, 4.69) is 13.0 Å². The topological polar surface area (TPSA) is 17.1 Å². The molecule has 0 saturated heterocycles. The molecule has 0 fully saturated rings. The SMILES string of the molecule is CC.[CH2-]CC(=O)c1ccc2c(c1)CCC2.[Y]. The van der Waals surface area contributed by atoms with Gasteiger partial charge in [0, 0.05) is 38.3 Å².